The Morgan fingerprint density at radius 2 is 2.19 bits per heavy atom. The monoisotopic (exact) mass is 444 g/mol. The molecule has 0 spiro atoms. The number of nitrogens with two attached hydrogens (primary N) is 1. The number of rotatable bonds is 7. The molecule has 0 aliphatic carbocycles. The molecule has 1 aliphatic heterocycles. The number of ether oxygens (including phenoxy) is 2. The van der Waals surface area contributed by atoms with Crippen LogP contribution in [0.1, 0.15) is 11.8 Å². The summed E-state index contributed by atoms with van der Waals surface area (Å²) in [5, 5.41) is 33.7. The van der Waals surface area contributed by atoms with Crippen molar-refractivity contribution < 1.29 is 24.8 Å². The van der Waals surface area contributed by atoms with E-state index in [-0.39, 0.29) is 29.4 Å². The first kappa shape index (κ1) is 21.8. The molecule has 0 amide bonds. The second-order valence-electron chi connectivity index (χ2n) is 7.31. The highest BCUT2D eigenvalue weighted by atomic mass is 16.6. The van der Waals surface area contributed by atoms with Crippen LogP contribution in [0.15, 0.2) is 35.4 Å². The first-order valence-electron chi connectivity index (χ1n) is 9.87. The molecule has 4 rings (SSSR count). The highest BCUT2D eigenvalue weighted by molar-refractivity contribution is 5.70. The number of phenolic OH excluding ortho intramolecular Hbond substituents is 1. The Hall–Kier alpha value is -3.45. The van der Waals surface area contributed by atoms with Gasteiger partial charge < -0.3 is 35.8 Å². The number of H-pyrrole nitrogens is 1. The highest BCUT2D eigenvalue weighted by Gasteiger charge is 2.44. The maximum absolute atomic E-state index is 12.0. The number of aliphatic hydroxyl groups excluding tert-OH is 2. The van der Waals surface area contributed by atoms with E-state index >= 15 is 0 Å². The molecule has 1 aliphatic rings. The first-order valence-corrected chi connectivity index (χ1v) is 9.87. The van der Waals surface area contributed by atoms with Crippen LogP contribution in [0.5, 0.6) is 11.5 Å². The van der Waals surface area contributed by atoms with Gasteiger partial charge in [0.05, 0.1) is 13.4 Å². The van der Waals surface area contributed by atoms with E-state index in [0.29, 0.717) is 12.3 Å². The van der Waals surface area contributed by atoms with Gasteiger partial charge in [-0.2, -0.15) is 4.98 Å². The second-order valence-corrected chi connectivity index (χ2v) is 7.31. The molecule has 3 heterocycles. The third kappa shape index (κ3) is 4.16. The molecule has 4 atom stereocenters. The largest absolute Gasteiger partial charge is 0.504 e. The lowest BCUT2D eigenvalue weighted by Gasteiger charge is -2.16. The smallest absolute Gasteiger partial charge is 0.280 e. The normalized spacial score (nSPS) is 23.3. The van der Waals surface area contributed by atoms with E-state index < -0.39 is 30.1 Å². The number of phenols is 1. The van der Waals surface area contributed by atoms with E-state index in [1.165, 1.54) is 18.0 Å². The average molecular weight is 444 g/mol. The first-order chi connectivity index (χ1) is 15.4. The molecule has 12 heteroatoms. The number of hydrogen-bond donors (Lipinski definition) is 6. The van der Waals surface area contributed by atoms with Crippen molar-refractivity contribution in [2.45, 2.75) is 24.5 Å². The molecule has 12 nitrogen and oxygen atoms in total. The molecular weight excluding hydrogens is 420 g/mol. The van der Waals surface area contributed by atoms with E-state index in [1.807, 2.05) is 12.2 Å². The molecule has 0 unspecified atom stereocenters. The predicted molar refractivity (Wildman–Crippen MR) is 115 cm³/mol. The number of imidazole rings is 1. The number of aromatic nitrogens is 4. The number of nitrogens with zero attached hydrogens (tertiary/aromatic N) is 3. The van der Waals surface area contributed by atoms with Crippen molar-refractivity contribution in [3.63, 3.8) is 0 Å². The third-order valence-electron chi connectivity index (χ3n) is 5.18. The van der Waals surface area contributed by atoms with Gasteiger partial charge in [-0.1, -0.05) is 18.2 Å². The number of methoxy groups -OCH3 is 1. The lowest BCUT2D eigenvalue weighted by Crippen LogP contribution is -2.37. The minimum Gasteiger partial charge on any atom is -0.504 e. The number of aromatic amines is 1. The van der Waals surface area contributed by atoms with Crippen molar-refractivity contribution in [1.29, 1.82) is 0 Å². The summed E-state index contributed by atoms with van der Waals surface area (Å²) >= 11 is 0. The topological polar surface area (TPSA) is 181 Å². The molecule has 1 aromatic carbocycles. The van der Waals surface area contributed by atoms with Crippen LogP contribution in [-0.2, 0) is 4.74 Å². The van der Waals surface area contributed by atoms with Gasteiger partial charge >= 0.3 is 0 Å². The fourth-order valence-corrected chi connectivity index (χ4v) is 3.56. The Bertz CT molecular complexity index is 1190. The zero-order valence-electron chi connectivity index (χ0n) is 17.2. The number of aliphatic hydroxyl groups is 2. The van der Waals surface area contributed by atoms with Crippen LogP contribution in [0.3, 0.4) is 0 Å². The number of nitrogen functional groups attached to an aromatic ring is 1. The van der Waals surface area contributed by atoms with Gasteiger partial charge in [-0.25, -0.2) is 4.98 Å². The summed E-state index contributed by atoms with van der Waals surface area (Å²) in [4.78, 5) is 22.4. The van der Waals surface area contributed by atoms with Gasteiger partial charge in [0.2, 0.25) is 5.95 Å². The molecule has 0 bridgehead atoms. The predicted octanol–water partition coefficient (Wildman–Crippen LogP) is -0.662. The quantitative estimate of drug-likeness (QED) is 0.256. The van der Waals surface area contributed by atoms with Gasteiger partial charge in [-0.3, -0.25) is 14.3 Å². The average Bonchev–Trinajstić information content (AvgIpc) is 3.30. The van der Waals surface area contributed by atoms with Crippen molar-refractivity contribution in [2.75, 3.05) is 25.9 Å². The summed E-state index contributed by atoms with van der Waals surface area (Å²) in [5.74, 6) is 0.359. The number of anilines is 1. The molecule has 32 heavy (non-hydrogen) atoms. The molecule has 170 valence electrons. The van der Waals surface area contributed by atoms with E-state index in [9.17, 15) is 20.1 Å². The minimum atomic E-state index is -1.25. The molecule has 0 radical (unpaired) electrons. The zero-order valence-corrected chi connectivity index (χ0v) is 17.2. The highest BCUT2D eigenvalue weighted by Crippen LogP contribution is 2.31. The van der Waals surface area contributed by atoms with Crippen molar-refractivity contribution in [1.82, 2.24) is 24.8 Å². The fourth-order valence-electron chi connectivity index (χ4n) is 3.56. The van der Waals surface area contributed by atoms with Crippen molar-refractivity contribution >= 4 is 23.2 Å². The summed E-state index contributed by atoms with van der Waals surface area (Å²) in [5.41, 5.74) is 6.16. The van der Waals surface area contributed by atoms with Crippen LogP contribution < -0.4 is 21.3 Å². The lowest BCUT2D eigenvalue weighted by molar-refractivity contribution is -0.0339. The summed E-state index contributed by atoms with van der Waals surface area (Å²) in [6.45, 7) is 0.735. The third-order valence-corrected chi connectivity index (χ3v) is 5.18. The van der Waals surface area contributed by atoms with Crippen molar-refractivity contribution in [3.8, 4) is 11.5 Å². The van der Waals surface area contributed by atoms with Crippen LogP contribution in [0.2, 0.25) is 0 Å². The Morgan fingerprint density at radius 1 is 1.38 bits per heavy atom. The van der Waals surface area contributed by atoms with Gasteiger partial charge in [0.25, 0.3) is 5.56 Å². The van der Waals surface area contributed by atoms with Gasteiger partial charge in [0.15, 0.2) is 28.9 Å². The van der Waals surface area contributed by atoms with Crippen LogP contribution in [0.4, 0.5) is 5.95 Å². The number of benzene rings is 1. The van der Waals surface area contributed by atoms with Gasteiger partial charge in [0.1, 0.15) is 18.3 Å². The van der Waals surface area contributed by atoms with Crippen LogP contribution in [0, 0.1) is 0 Å². The molecule has 2 aromatic heterocycles. The number of fused-ring (bicyclic) bond motifs is 1. The van der Waals surface area contributed by atoms with Gasteiger partial charge in [-0.05, 0) is 17.7 Å². The van der Waals surface area contributed by atoms with E-state index in [0.717, 1.165) is 5.56 Å². The molecule has 3 aromatic rings. The molecule has 1 fully saturated rings. The maximum Gasteiger partial charge on any atom is 0.280 e. The molecule has 0 saturated carbocycles. The van der Waals surface area contributed by atoms with Gasteiger partial charge in [0, 0.05) is 13.1 Å². The standard InChI is InChI=1S/C20H24N6O6/c1-31-12-7-10(4-5-11(12)27)3-2-6-22-8-13-15(28)16(29)19(32-13)26-9-23-14-17(26)24-20(21)25-18(14)30/h2-5,7,9,13,15-16,19,22,27-29H,6,8H2,1H3,(H3,21,24,25,30)/b3-2+/t13-,15-,16-,19-/m1/s1. The van der Waals surface area contributed by atoms with E-state index in [1.54, 1.807) is 18.2 Å². The van der Waals surface area contributed by atoms with E-state index in [4.69, 9.17) is 15.2 Å². The molecule has 1 saturated heterocycles. The summed E-state index contributed by atoms with van der Waals surface area (Å²) in [6.07, 6.45) is 0.950. The van der Waals surface area contributed by atoms with Crippen LogP contribution >= 0.6 is 0 Å². The van der Waals surface area contributed by atoms with Crippen LogP contribution in [-0.4, -0.2) is 73.3 Å². The van der Waals surface area contributed by atoms with Crippen LogP contribution in [0.25, 0.3) is 17.2 Å². The number of nitrogens with one attached hydrogen (secondary N) is 2. The summed E-state index contributed by atoms with van der Waals surface area (Å²) in [7, 11) is 1.48. The number of aromatic hydroxyl groups is 1. The van der Waals surface area contributed by atoms with Gasteiger partial charge in [-0.15, -0.1) is 0 Å². The Morgan fingerprint density at radius 3 is 2.97 bits per heavy atom. The summed E-state index contributed by atoms with van der Waals surface area (Å²) in [6, 6.07) is 5.00. The Balaban J connectivity index is 1.37. The second kappa shape index (κ2) is 8.96. The number of hydrogen-bond acceptors (Lipinski definition) is 10. The van der Waals surface area contributed by atoms with E-state index in [2.05, 4.69) is 20.3 Å². The SMILES string of the molecule is COc1cc(/C=C/CNC[C@H]2O[C@@H](n3cnc4c(=O)[nH]c(N)nc43)[C@H](O)[C@@H]2O)ccc1O. The Kier molecular flexibility index (Phi) is 6.10. The zero-order chi connectivity index (χ0) is 22.8. The molecular formula is C20H24N6O6. The minimum absolute atomic E-state index is 0.0575. The maximum atomic E-state index is 12.0. The van der Waals surface area contributed by atoms with Crippen molar-refractivity contribution in [3.05, 3.63) is 46.5 Å². The fraction of sp³-hybridized carbons (Fsp3) is 0.350. The van der Waals surface area contributed by atoms with Crippen molar-refractivity contribution in [2.24, 2.45) is 0 Å². The molecule has 7 N–H and O–H groups in total. The Labute approximate surface area is 181 Å². The lowest BCUT2D eigenvalue weighted by atomic mass is 10.1. The summed E-state index contributed by atoms with van der Waals surface area (Å²) < 4.78 is 12.3.